The molecule has 2 heterocycles. The molecule has 0 aliphatic carbocycles. The molecule has 0 aromatic carbocycles. The molecule has 0 fully saturated rings. The number of halogens is 4. The first-order valence-electron chi connectivity index (χ1n) is 6.68. The van der Waals surface area contributed by atoms with E-state index in [2.05, 4.69) is 20.9 Å². The Hall–Kier alpha value is -1.28. The van der Waals surface area contributed by atoms with E-state index in [1.807, 2.05) is 6.07 Å². The lowest BCUT2D eigenvalue weighted by Gasteiger charge is -2.12. The summed E-state index contributed by atoms with van der Waals surface area (Å²) in [7, 11) is 0. The molecule has 0 N–H and O–H groups in total. The summed E-state index contributed by atoms with van der Waals surface area (Å²) in [5.41, 5.74) is 1.10. The summed E-state index contributed by atoms with van der Waals surface area (Å²) in [4.78, 5) is 16.4. The van der Waals surface area contributed by atoms with Crippen molar-refractivity contribution in [2.45, 2.75) is 31.6 Å². The fourth-order valence-corrected chi connectivity index (χ4v) is 3.13. The summed E-state index contributed by atoms with van der Waals surface area (Å²) in [5.74, 6) is -0.0773. The van der Waals surface area contributed by atoms with Crippen LogP contribution < -0.4 is 0 Å². The van der Waals surface area contributed by atoms with Gasteiger partial charge in [-0.25, -0.2) is 4.98 Å². The number of alkyl halides is 3. The molecule has 0 spiro atoms. The van der Waals surface area contributed by atoms with Crippen molar-refractivity contribution >= 4 is 33.5 Å². The maximum absolute atomic E-state index is 12.6. The second kappa shape index (κ2) is 7.09. The number of pyridine rings is 1. The Morgan fingerprint density at radius 3 is 2.61 bits per heavy atom. The number of hydrogen-bond acceptors (Lipinski definition) is 3. The number of carbonyl (C=O) groups excluding carboxylic acids is 1. The Labute approximate surface area is 144 Å². The van der Waals surface area contributed by atoms with Gasteiger partial charge in [0.05, 0.1) is 10.8 Å². The lowest BCUT2D eigenvalue weighted by Crippen LogP contribution is -2.19. The third-order valence-corrected chi connectivity index (χ3v) is 4.68. The van der Waals surface area contributed by atoms with Gasteiger partial charge in [-0.05, 0) is 48.0 Å². The van der Waals surface area contributed by atoms with Crippen molar-refractivity contribution in [2.75, 3.05) is 5.75 Å². The Balaban J connectivity index is 2.10. The van der Waals surface area contributed by atoms with Crippen molar-refractivity contribution in [1.82, 2.24) is 9.55 Å². The molecular weight excluding hydrogens is 393 g/mol. The van der Waals surface area contributed by atoms with Crippen molar-refractivity contribution in [3.05, 3.63) is 45.8 Å². The van der Waals surface area contributed by atoms with Crippen LogP contribution in [0.3, 0.4) is 0 Å². The van der Waals surface area contributed by atoms with Gasteiger partial charge < -0.3 is 4.57 Å². The van der Waals surface area contributed by atoms with Gasteiger partial charge in [0.15, 0.2) is 5.78 Å². The summed E-state index contributed by atoms with van der Waals surface area (Å²) < 4.78 is 39.7. The minimum absolute atomic E-state index is 0.130. The van der Waals surface area contributed by atoms with E-state index in [-0.39, 0.29) is 11.5 Å². The molecular formula is C15H14BrF3N2OS. The molecule has 0 amide bonds. The van der Waals surface area contributed by atoms with E-state index in [0.29, 0.717) is 22.0 Å². The van der Waals surface area contributed by atoms with E-state index in [1.165, 1.54) is 24.8 Å². The maximum Gasteiger partial charge on any atom is 0.406 e. The number of nitrogens with zero attached hydrogens (tertiary/aromatic N) is 2. The molecule has 0 radical (unpaired) electrons. The number of rotatable bonds is 5. The molecule has 124 valence electrons. The Bertz CT molecular complexity index is 711. The zero-order valence-electron chi connectivity index (χ0n) is 12.4. The van der Waals surface area contributed by atoms with Gasteiger partial charge in [-0.3, -0.25) is 4.79 Å². The fourth-order valence-electron chi connectivity index (χ4n) is 2.17. The van der Waals surface area contributed by atoms with Gasteiger partial charge in [-0.1, -0.05) is 11.8 Å². The SMILES string of the molecule is Cc1cc(C(=O)CSc2ccc(Br)cn2)c(C)n1CC(F)(F)F. The number of Topliss-reactive ketones (excluding diaryl/α,β-unsaturated/α-hetero) is 1. The maximum atomic E-state index is 12.6. The first kappa shape index (κ1) is 18.1. The minimum atomic E-state index is -4.31. The van der Waals surface area contributed by atoms with Crippen molar-refractivity contribution in [1.29, 1.82) is 0 Å². The van der Waals surface area contributed by atoms with Crippen LogP contribution in [0.2, 0.25) is 0 Å². The van der Waals surface area contributed by atoms with E-state index in [9.17, 15) is 18.0 Å². The molecule has 2 rings (SSSR count). The van der Waals surface area contributed by atoms with Gasteiger partial charge in [-0.2, -0.15) is 13.2 Å². The molecule has 8 heteroatoms. The number of thioether (sulfide) groups is 1. The van der Waals surface area contributed by atoms with Crippen molar-refractivity contribution < 1.29 is 18.0 Å². The number of aryl methyl sites for hydroxylation is 1. The second-order valence-corrected chi connectivity index (χ2v) is 6.92. The van der Waals surface area contributed by atoms with E-state index in [0.717, 1.165) is 9.04 Å². The minimum Gasteiger partial charge on any atom is -0.339 e. The van der Waals surface area contributed by atoms with Crippen LogP contribution >= 0.6 is 27.7 Å². The first-order valence-corrected chi connectivity index (χ1v) is 8.46. The van der Waals surface area contributed by atoms with Crippen LogP contribution in [0.5, 0.6) is 0 Å². The Morgan fingerprint density at radius 1 is 1.35 bits per heavy atom. The second-order valence-electron chi connectivity index (χ2n) is 5.01. The molecule has 3 nitrogen and oxygen atoms in total. The highest BCUT2D eigenvalue weighted by Gasteiger charge is 2.30. The third kappa shape index (κ3) is 4.84. The number of carbonyl (C=O) groups is 1. The lowest BCUT2D eigenvalue weighted by molar-refractivity contribution is -0.141. The van der Waals surface area contributed by atoms with Crippen molar-refractivity contribution in [3.8, 4) is 0 Å². The predicted octanol–water partition coefficient (Wildman–Crippen LogP) is 4.80. The zero-order chi connectivity index (χ0) is 17.2. The lowest BCUT2D eigenvalue weighted by atomic mass is 10.2. The summed E-state index contributed by atoms with van der Waals surface area (Å²) in [6.45, 7) is 2.02. The van der Waals surface area contributed by atoms with Gasteiger partial charge in [0, 0.05) is 27.6 Å². The van der Waals surface area contributed by atoms with Gasteiger partial charge in [0.1, 0.15) is 6.54 Å². The summed E-state index contributed by atoms with van der Waals surface area (Å²) in [5, 5.41) is 0.686. The first-order chi connectivity index (χ1) is 10.7. The van der Waals surface area contributed by atoms with Crippen molar-refractivity contribution in [3.63, 3.8) is 0 Å². The molecule has 0 unspecified atom stereocenters. The van der Waals surface area contributed by atoms with Gasteiger partial charge in [0.2, 0.25) is 0 Å². The molecule has 2 aromatic heterocycles. The summed E-state index contributed by atoms with van der Waals surface area (Å²) in [6, 6.07) is 5.10. The van der Waals surface area contributed by atoms with Gasteiger partial charge in [-0.15, -0.1) is 0 Å². The van der Waals surface area contributed by atoms with Crippen LogP contribution in [0.25, 0.3) is 0 Å². The average Bonchev–Trinajstić information content (AvgIpc) is 2.73. The molecule has 0 aliphatic heterocycles. The predicted molar refractivity (Wildman–Crippen MR) is 87.0 cm³/mol. The molecule has 0 aliphatic rings. The van der Waals surface area contributed by atoms with Crippen LogP contribution in [-0.2, 0) is 6.54 Å². The highest BCUT2D eigenvalue weighted by atomic mass is 79.9. The van der Waals surface area contributed by atoms with E-state index in [4.69, 9.17) is 0 Å². The number of hydrogen-bond donors (Lipinski definition) is 0. The van der Waals surface area contributed by atoms with E-state index < -0.39 is 12.7 Å². The van der Waals surface area contributed by atoms with Gasteiger partial charge in [0.25, 0.3) is 0 Å². The summed E-state index contributed by atoms with van der Waals surface area (Å²) in [6.07, 6.45) is -2.69. The van der Waals surface area contributed by atoms with E-state index >= 15 is 0 Å². The van der Waals surface area contributed by atoms with Crippen LogP contribution in [0.1, 0.15) is 21.7 Å². The molecule has 0 saturated heterocycles. The quantitative estimate of drug-likeness (QED) is 0.528. The molecule has 0 atom stereocenters. The van der Waals surface area contributed by atoms with Crippen molar-refractivity contribution in [2.24, 2.45) is 0 Å². The van der Waals surface area contributed by atoms with Crippen LogP contribution in [-0.4, -0.2) is 27.3 Å². The van der Waals surface area contributed by atoms with E-state index in [1.54, 1.807) is 19.2 Å². The van der Waals surface area contributed by atoms with Crippen LogP contribution in [0.4, 0.5) is 13.2 Å². The molecule has 0 bridgehead atoms. The molecule has 23 heavy (non-hydrogen) atoms. The zero-order valence-corrected chi connectivity index (χ0v) is 14.8. The Morgan fingerprint density at radius 2 is 2.04 bits per heavy atom. The Kier molecular flexibility index (Phi) is 5.57. The average molecular weight is 407 g/mol. The smallest absolute Gasteiger partial charge is 0.339 e. The molecule has 2 aromatic rings. The van der Waals surface area contributed by atoms with Crippen LogP contribution in [0.15, 0.2) is 33.9 Å². The highest BCUT2D eigenvalue weighted by molar-refractivity contribution is 9.10. The van der Waals surface area contributed by atoms with Crippen LogP contribution in [0, 0.1) is 13.8 Å². The molecule has 0 saturated carbocycles. The topological polar surface area (TPSA) is 34.9 Å². The normalized spacial score (nSPS) is 11.7. The fraction of sp³-hybridized carbons (Fsp3) is 0.333. The monoisotopic (exact) mass is 406 g/mol. The third-order valence-electron chi connectivity index (χ3n) is 3.26. The number of ketones is 1. The standard InChI is InChI=1S/C15H14BrF3N2OS/c1-9-5-12(10(2)21(9)8-15(17,18)19)13(22)7-23-14-4-3-11(16)6-20-14/h3-6H,7-8H2,1-2H3. The largest absolute Gasteiger partial charge is 0.406 e. The summed E-state index contributed by atoms with van der Waals surface area (Å²) >= 11 is 4.53. The number of aromatic nitrogens is 2. The highest BCUT2D eigenvalue weighted by Crippen LogP contribution is 2.25. The van der Waals surface area contributed by atoms with Gasteiger partial charge >= 0.3 is 6.18 Å².